The first kappa shape index (κ1) is 26.7. The number of carbonyl (C=O) groups is 1. The quantitative estimate of drug-likeness (QED) is 0.286. The van der Waals surface area contributed by atoms with Crippen LogP contribution in [0.4, 0.5) is 14.9 Å². The molecule has 2 saturated heterocycles. The molecule has 2 aliphatic rings. The number of halogens is 1. The molecule has 4 aromatic rings. The first-order valence-corrected chi connectivity index (χ1v) is 14.3. The number of amides is 1. The third-order valence-corrected chi connectivity index (χ3v) is 8.28. The zero-order valence-corrected chi connectivity index (χ0v) is 22.9. The average molecular weight is 553 g/mol. The van der Waals surface area contributed by atoms with Gasteiger partial charge in [0.2, 0.25) is 0 Å². The SMILES string of the molecule is N#Cc1c[nH]c2c(N3CCC(c4ccc(OC5CCN(C(=O)OCc6ccccc6)CC5)cc4)CC3)ccc(F)c12. The molecule has 0 atom stereocenters. The normalized spacial score (nSPS) is 16.5. The van der Waals surface area contributed by atoms with E-state index in [4.69, 9.17) is 9.47 Å². The first-order chi connectivity index (χ1) is 20.1. The average Bonchev–Trinajstić information content (AvgIpc) is 3.47. The lowest BCUT2D eigenvalue weighted by molar-refractivity contribution is 0.0638. The molecule has 210 valence electrons. The Bertz CT molecular complexity index is 1530. The fourth-order valence-electron chi connectivity index (χ4n) is 5.98. The second kappa shape index (κ2) is 11.9. The number of aromatic nitrogens is 1. The summed E-state index contributed by atoms with van der Waals surface area (Å²) in [6.45, 7) is 3.24. The van der Waals surface area contributed by atoms with Crippen molar-refractivity contribution in [2.45, 2.75) is 44.3 Å². The van der Waals surface area contributed by atoms with E-state index in [-0.39, 0.29) is 24.6 Å². The number of carbonyl (C=O) groups excluding carboxylic acids is 1. The van der Waals surface area contributed by atoms with E-state index in [9.17, 15) is 14.4 Å². The molecule has 3 heterocycles. The van der Waals surface area contributed by atoms with Crippen molar-refractivity contribution in [1.82, 2.24) is 9.88 Å². The predicted molar refractivity (Wildman–Crippen MR) is 155 cm³/mol. The number of nitrogens with zero attached hydrogens (tertiary/aromatic N) is 3. The second-order valence-electron chi connectivity index (χ2n) is 10.8. The summed E-state index contributed by atoms with van der Waals surface area (Å²) in [6, 6.07) is 23.5. The van der Waals surface area contributed by atoms with Crippen molar-refractivity contribution in [3.8, 4) is 11.8 Å². The van der Waals surface area contributed by atoms with E-state index in [0.717, 1.165) is 55.8 Å². The summed E-state index contributed by atoms with van der Waals surface area (Å²) in [5.74, 6) is 0.926. The largest absolute Gasteiger partial charge is 0.490 e. The van der Waals surface area contributed by atoms with Crippen LogP contribution in [0.2, 0.25) is 0 Å². The predicted octanol–water partition coefficient (Wildman–Crippen LogP) is 6.74. The Hall–Kier alpha value is -4.51. The van der Waals surface area contributed by atoms with Crippen LogP contribution in [-0.4, -0.2) is 48.3 Å². The van der Waals surface area contributed by atoms with Crippen LogP contribution in [0, 0.1) is 17.1 Å². The number of piperidine rings is 2. The fraction of sp³-hybridized carbons (Fsp3) is 0.333. The van der Waals surface area contributed by atoms with Gasteiger partial charge in [0.05, 0.1) is 22.2 Å². The summed E-state index contributed by atoms with van der Waals surface area (Å²) in [4.78, 5) is 19.6. The summed E-state index contributed by atoms with van der Waals surface area (Å²) in [5, 5.41) is 9.70. The molecule has 1 N–H and O–H groups in total. The molecule has 0 saturated carbocycles. The van der Waals surface area contributed by atoms with Crippen molar-refractivity contribution in [2.24, 2.45) is 0 Å². The molecule has 0 radical (unpaired) electrons. The molecular weight excluding hydrogens is 519 g/mol. The number of nitriles is 1. The van der Waals surface area contributed by atoms with Gasteiger partial charge in [0.25, 0.3) is 0 Å². The van der Waals surface area contributed by atoms with E-state index in [0.29, 0.717) is 35.5 Å². The number of anilines is 1. The number of hydrogen-bond acceptors (Lipinski definition) is 5. The minimum absolute atomic E-state index is 0.0735. The number of benzene rings is 3. The molecule has 2 aliphatic heterocycles. The van der Waals surface area contributed by atoms with Gasteiger partial charge in [-0.25, -0.2) is 9.18 Å². The molecule has 0 spiro atoms. The van der Waals surface area contributed by atoms with E-state index in [1.165, 1.54) is 11.6 Å². The topological polar surface area (TPSA) is 81.6 Å². The summed E-state index contributed by atoms with van der Waals surface area (Å²) < 4.78 is 26.1. The molecule has 7 nitrogen and oxygen atoms in total. The van der Waals surface area contributed by atoms with Crippen LogP contribution in [0.1, 0.15) is 48.3 Å². The molecular formula is C33H33FN4O3. The highest BCUT2D eigenvalue weighted by atomic mass is 19.1. The Morgan fingerprint density at radius 3 is 2.39 bits per heavy atom. The third kappa shape index (κ3) is 5.85. The van der Waals surface area contributed by atoms with Gasteiger partial charge in [-0.1, -0.05) is 42.5 Å². The smallest absolute Gasteiger partial charge is 0.410 e. The summed E-state index contributed by atoms with van der Waals surface area (Å²) in [7, 11) is 0. The summed E-state index contributed by atoms with van der Waals surface area (Å²) in [5.41, 5.74) is 4.25. The number of rotatable bonds is 6. The van der Waals surface area contributed by atoms with Crippen molar-refractivity contribution in [1.29, 1.82) is 5.26 Å². The number of aromatic amines is 1. The van der Waals surface area contributed by atoms with E-state index in [1.807, 2.05) is 42.5 Å². The minimum Gasteiger partial charge on any atom is -0.490 e. The minimum atomic E-state index is -0.370. The van der Waals surface area contributed by atoms with Crippen molar-refractivity contribution in [3.63, 3.8) is 0 Å². The van der Waals surface area contributed by atoms with Crippen LogP contribution in [0.5, 0.6) is 5.75 Å². The number of likely N-dealkylation sites (tertiary alicyclic amines) is 1. The van der Waals surface area contributed by atoms with Gasteiger partial charge >= 0.3 is 6.09 Å². The van der Waals surface area contributed by atoms with Crippen molar-refractivity contribution in [2.75, 3.05) is 31.1 Å². The Kier molecular flexibility index (Phi) is 7.77. The monoisotopic (exact) mass is 552 g/mol. The Labute approximate surface area is 239 Å². The highest BCUT2D eigenvalue weighted by Crippen LogP contribution is 2.36. The van der Waals surface area contributed by atoms with E-state index in [1.54, 1.807) is 17.2 Å². The molecule has 0 unspecified atom stereocenters. The maximum absolute atomic E-state index is 14.4. The van der Waals surface area contributed by atoms with Crippen LogP contribution in [-0.2, 0) is 11.3 Å². The first-order valence-electron chi connectivity index (χ1n) is 14.3. The molecule has 3 aromatic carbocycles. The van der Waals surface area contributed by atoms with Crippen LogP contribution < -0.4 is 9.64 Å². The van der Waals surface area contributed by atoms with Crippen LogP contribution >= 0.6 is 0 Å². The molecule has 1 aromatic heterocycles. The number of fused-ring (bicyclic) bond motifs is 1. The van der Waals surface area contributed by atoms with Crippen molar-refractivity contribution < 1.29 is 18.7 Å². The maximum atomic E-state index is 14.4. The maximum Gasteiger partial charge on any atom is 0.410 e. The Morgan fingerprint density at radius 1 is 0.951 bits per heavy atom. The Morgan fingerprint density at radius 2 is 1.68 bits per heavy atom. The number of nitrogens with one attached hydrogen (secondary N) is 1. The lowest BCUT2D eigenvalue weighted by Gasteiger charge is -2.34. The lowest BCUT2D eigenvalue weighted by Crippen LogP contribution is -2.42. The van der Waals surface area contributed by atoms with E-state index < -0.39 is 0 Å². The van der Waals surface area contributed by atoms with Gasteiger partial charge in [-0.05, 0) is 54.2 Å². The second-order valence-corrected chi connectivity index (χ2v) is 10.8. The highest BCUT2D eigenvalue weighted by molar-refractivity contribution is 5.95. The van der Waals surface area contributed by atoms with Crippen molar-refractivity contribution >= 4 is 22.7 Å². The Balaban J connectivity index is 0.979. The zero-order chi connectivity index (χ0) is 28.2. The lowest BCUT2D eigenvalue weighted by atomic mass is 9.89. The number of hydrogen-bond donors (Lipinski definition) is 1. The third-order valence-electron chi connectivity index (χ3n) is 8.28. The molecule has 0 bridgehead atoms. The summed E-state index contributed by atoms with van der Waals surface area (Å²) in [6.07, 6.45) is 4.91. The van der Waals surface area contributed by atoms with Gasteiger partial charge in [0.15, 0.2) is 0 Å². The summed E-state index contributed by atoms with van der Waals surface area (Å²) >= 11 is 0. The highest BCUT2D eigenvalue weighted by Gasteiger charge is 2.26. The molecule has 6 rings (SSSR count). The molecule has 8 heteroatoms. The fourth-order valence-corrected chi connectivity index (χ4v) is 5.98. The molecule has 2 fully saturated rings. The van der Waals surface area contributed by atoms with Gasteiger partial charge < -0.3 is 24.3 Å². The molecule has 41 heavy (non-hydrogen) atoms. The van der Waals surface area contributed by atoms with Gasteiger partial charge in [-0.3, -0.25) is 0 Å². The molecule has 1 amide bonds. The zero-order valence-electron chi connectivity index (χ0n) is 22.9. The number of H-pyrrole nitrogens is 1. The van der Waals surface area contributed by atoms with E-state index >= 15 is 0 Å². The van der Waals surface area contributed by atoms with Crippen LogP contribution in [0.25, 0.3) is 10.9 Å². The van der Waals surface area contributed by atoms with Crippen LogP contribution in [0.15, 0.2) is 72.9 Å². The van der Waals surface area contributed by atoms with Crippen LogP contribution in [0.3, 0.4) is 0 Å². The van der Waals surface area contributed by atoms with Gasteiger partial charge in [0.1, 0.15) is 30.3 Å². The van der Waals surface area contributed by atoms with Gasteiger partial charge in [0, 0.05) is 45.2 Å². The standard InChI is InChI=1S/C33H33FN4O3/c34-29-10-11-30(32-31(29)26(20-35)21-36-32)37-16-12-25(13-17-37)24-6-8-27(9-7-24)41-28-14-18-38(19-15-28)33(39)40-22-23-4-2-1-3-5-23/h1-11,21,25,28,36H,12-19,22H2. The van der Waals surface area contributed by atoms with Crippen molar-refractivity contribution in [3.05, 3.63) is 95.4 Å². The molecule has 0 aliphatic carbocycles. The van der Waals surface area contributed by atoms with Gasteiger partial charge in [-0.15, -0.1) is 0 Å². The number of ether oxygens (including phenoxy) is 2. The van der Waals surface area contributed by atoms with E-state index in [2.05, 4.69) is 28.1 Å². The van der Waals surface area contributed by atoms with Gasteiger partial charge in [-0.2, -0.15) is 5.26 Å².